The van der Waals surface area contributed by atoms with E-state index in [4.69, 9.17) is 15.2 Å². The van der Waals surface area contributed by atoms with Crippen LogP contribution in [-0.2, 0) is 25.5 Å². The van der Waals surface area contributed by atoms with E-state index in [9.17, 15) is 14.7 Å². The van der Waals surface area contributed by atoms with Crippen molar-refractivity contribution in [3.05, 3.63) is 29.8 Å². The van der Waals surface area contributed by atoms with Crippen molar-refractivity contribution in [2.24, 2.45) is 11.7 Å². The minimum Gasteiger partial charge on any atom is -0.508 e. The van der Waals surface area contributed by atoms with E-state index in [0.29, 0.717) is 44.9 Å². The van der Waals surface area contributed by atoms with Crippen LogP contribution in [0.3, 0.4) is 0 Å². The summed E-state index contributed by atoms with van der Waals surface area (Å²) in [5.41, 5.74) is 6.97. The van der Waals surface area contributed by atoms with Crippen molar-refractivity contribution in [2.75, 3.05) is 26.3 Å². The molecule has 1 fully saturated rings. The van der Waals surface area contributed by atoms with Crippen molar-refractivity contribution in [1.29, 1.82) is 0 Å². The summed E-state index contributed by atoms with van der Waals surface area (Å²) in [5, 5.41) is 9.31. The third kappa shape index (κ3) is 7.19. The average Bonchev–Trinajstić information content (AvgIpc) is 2.66. The lowest BCUT2D eigenvalue weighted by Crippen LogP contribution is -2.49. The van der Waals surface area contributed by atoms with E-state index >= 15 is 0 Å². The molecule has 0 aromatic heterocycles. The smallest absolute Gasteiger partial charge is 0.332 e. The molecule has 27 heavy (non-hydrogen) atoms. The van der Waals surface area contributed by atoms with Crippen molar-refractivity contribution in [3.8, 4) is 5.75 Å². The predicted molar refractivity (Wildman–Crippen MR) is 101 cm³/mol. The fourth-order valence-corrected chi connectivity index (χ4v) is 2.94. The monoisotopic (exact) mass is 378 g/mol. The van der Waals surface area contributed by atoms with Crippen LogP contribution in [0.4, 0.5) is 0 Å². The molecule has 3 N–H and O–H groups in total. The van der Waals surface area contributed by atoms with Crippen molar-refractivity contribution in [3.63, 3.8) is 0 Å². The highest BCUT2D eigenvalue weighted by Crippen LogP contribution is 2.16. The summed E-state index contributed by atoms with van der Waals surface area (Å²) in [6.07, 6.45) is 1.73. The first-order valence-corrected chi connectivity index (χ1v) is 9.44. The van der Waals surface area contributed by atoms with Gasteiger partial charge in [-0.15, -0.1) is 0 Å². The molecule has 1 aliphatic heterocycles. The van der Waals surface area contributed by atoms with Crippen LogP contribution in [0.5, 0.6) is 5.75 Å². The molecule has 0 saturated carbocycles. The van der Waals surface area contributed by atoms with Gasteiger partial charge in [0.1, 0.15) is 12.4 Å². The van der Waals surface area contributed by atoms with Crippen LogP contribution < -0.4 is 5.73 Å². The van der Waals surface area contributed by atoms with Gasteiger partial charge < -0.3 is 25.2 Å². The molecule has 150 valence electrons. The van der Waals surface area contributed by atoms with E-state index in [0.717, 1.165) is 5.56 Å². The van der Waals surface area contributed by atoms with Gasteiger partial charge in [-0.25, -0.2) is 4.79 Å². The van der Waals surface area contributed by atoms with E-state index < -0.39 is 6.04 Å². The Hall–Kier alpha value is -2.12. The number of esters is 1. The number of phenols is 1. The highest BCUT2D eigenvalue weighted by atomic mass is 16.6. The second kappa shape index (κ2) is 10.3. The second-order valence-corrected chi connectivity index (χ2v) is 7.39. The maximum absolute atomic E-state index is 12.5. The molecular formula is C20H30N2O5. The van der Waals surface area contributed by atoms with E-state index in [2.05, 4.69) is 0 Å². The number of aromatic hydroxyl groups is 1. The molecular weight excluding hydrogens is 348 g/mol. The van der Waals surface area contributed by atoms with E-state index in [-0.39, 0.29) is 30.3 Å². The van der Waals surface area contributed by atoms with Gasteiger partial charge in [0.2, 0.25) is 5.91 Å². The Morgan fingerprint density at radius 1 is 1.22 bits per heavy atom. The maximum Gasteiger partial charge on any atom is 0.332 e. The normalized spacial score (nSPS) is 16.4. The van der Waals surface area contributed by atoms with Crippen LogP contribution in [-0.4, -0.2) is 60.3 Å². The van der Waals surface area contributed by atoms with Gasteiger partial charge in [-0.3, -0.25) is 4.79 Å². The van der Waals surface area contributed by atoms with Crippen LogP contribution in [0.1, 0.15) is 32.3 Å². The number of ether oxygens (including phenoxy) is 2. The first-order valence-electron chi connectivity index (χ1n) is 9.44. The molecule has 0 bridgehead atoms. The van der Waals surface area contributed by atoms with E-state index in [1.165, 1.54) is 0 Å². The molecule has 7 nitrogen and oxygen atoms in total. The zero-order valence-electron chi connectivity index (χ0n) is 16.1. The highest BCUT2D eigenvalue weighted by molar-refractivity contribution is 5.82. The van der Waals surface area contributed by atoms with Gasteiger partial charge in [0.15, 0.2) is 0 Å². The van der Waals surface area contributed by atoms with Gasteiger partial charge in [-0.2, -0.15) is 0 Å². The molecule has 7 heteroatoms. The molecule has 0 spiro atoms. The van der Waals surface area contributed by atoms with Crippen LogP contribution in [0, 0.1) is 5.92 Å². The molecule has 1 aliphatic rings. The van der Waals surface area contributed by atoms with Crippen molar-refractivity contribution in [1.82, 2.24) is 4.90 Å². The van der Waals surface area contributed by atoms with Gasteiger partial charge in [-0.1, -0.05) is 26.0 Å². The number of rotatable bonds is 8. The summed E-state index contributed by atoms with van der Waals surface area (Å²) < 4.78 is 10.7. The molecule has 1 aromatic carbocycles. The number of piperidine rings is 1. The van der Waals surface area contributed by atoms with Crippen molar-refractivity contribution >= 4 is 11.9 Å². The van der Waals surface area contributed by atoms with Gasteiger partial charge in [0, 0.05) is 13.1 Å². The molecule has 1 unspecified atom stereocenters. The number of carbonyl (C=O) groups is 2. The number of carbonyl (C=O) groups excluding carboxylic acids is 2. The Morgan fingerprint density at radius 2 is 1.85 bits per heavy atom. The van der Waals surface area contributed by atoms with Gasteiger partial charge in [-0.05, 0) is 42.9 Å². The van der Waals surface area contributed by atoms with Gasteiger partial charge >= 0.3 is 5.97 Å². The Labute approximate surface area is 160 Å². The minimum atomic E-state index is -0.613. The van der Waals surface area contributed by atoms with E-state index in [1.807, 2.05) is 13.8 Å². The summed E-state index contributed by atoms with van der Waals surface area (Å²) in [5.74, 6) is 0.0544. The molecule has 1 saturated heterocycles. The lowest BCUT2D eigenvalue weighted by Gasteiger charge is -2.33. The van der Waals surface area contributed by atoms with E-state index in [1.54, 1.807) is 29.2 Å². The second-order valence-electron chi connectivity index (χ2n) is 7.39. The molecule has 0 aliphatic carbocycles. The molecule has 1 heterocycles. The standard InChI is InChI=1S/C20H30N2O5/c1-14(2)12-27-19(24)13-26-17-7-9-22(10-8-17)20(25)18(21)11-15-3-5-16(23)6-4-15/h3-6,14,17-18,23H,7-13,21H2,1-2H3. The Bertz CT molecular complexity index is 609. The van der Waals surface area contributed by atoms with Crippen LogP contribution in [0.25, 0.3) is 0 Å². The number of hydrogen-bond donors (Lipinski definition) is 2. The summed E-state index contributed by atoms with van der Waals surface area (Å²) in [6, 6.07) is 6.09. The summed E-state index contributed by atoms with van der Waals surface area (Å²) in [6.45, 7) is 5.43. The molecule has 0 radical (unpaired) electrons. The minimum absolute atomic E-state index is 0.0472. The number of nitrogens with zero attached hydrogens (tertiary/aromatic N) is 1. The molecule has 1 aromatic rings. The number of phenolic OH excluding ortho intramolecular Hbond substituents is 1. The van der Waals surface area contributed by atoms with Gasteiger partial charge in [0.05, 0.1) is 18.8 Å². The SMILES string of the molecule is CC(C)COC(=O)COC1CCN(C(=O)C(N)Cc2ccc(O)cc2)CC1. The maximum atomic E-state index is 12.5. The van der Waals surface area contributed by atoms with Crippen LogP contribution in [0.15, 0.2) is 24.3 Å². The highest BCUT2D eigenvalue weighted by Gasteiger charge is 2.27. The fraction of sp³-hybridized carbons (Fsp3) is 0.600. The number of amides is 1. The number of benzene rings is 1. The lowest BCUT2D eigenvalue weighted by atomic mass is 10.0. The average molecular weight is 378 g/mol. The Morgan fingerprint density at radius 3 is 2.44 bits per heavy atom. The zero-order chi connectivity index (χ0) is 19.8. The zero-order valence-corrected chi connectivity index (χ0v) is 16.1. The number of likely N-dealkylation sites (tertiary alicyclic amines) is 1. The summed E-state index contributed by atoms with van der Waals surface area (Å²) in [7, 11) is 0. The first kappa shape index (κ1) is 21.2. The number of hydrogen-bond acceptors (Lipinski definition) is 6. The van der Waals surface area contributed by atoms with Crippen LogP contribution in [0.2, 0.25) is 0 Å². The number of nitrogens with two attached hydrogens (primary N) is 1. The topological polar surface area (TPSA) is 102 Å². The lowest BCUT2D eigenvalue weighted by molar-refractivity contribution is -0.154. The Balaban J connectivity index is 1.70. The fourth-order valence-electron chi connectivity index (χ4n) is 2.94. The molecule has 1 amide bonds. The van der Waals surface area contributed by atoms with Crippen molar-refractivity contribution in [2.45, 2.75) is 45.3 Å². The van der Waals surface area contributed by atoms with Gasteiger partial charge in [0.25, 0.3) is 0 Å². The summed E-state index contributed by atoms with van der Waals surface area (Å²) in [4.78, 5) is 25.9. The predicted octanol–water partition coefficient (Wildman–Crippen LogP) is 1.47. The van der Waals surface area contributed by atoms with Crippen LogP contribution >= 0.6 is 0 Å². The third-order valence-electron chi connectivity index (χ3n) is 4.48. The van der Waals surface area contributed by atoms with Crippen molar-refractivity contribution < 1.29 is 24.2 Å². The third-order valence-corrected chi connectivity index (χ3v) is 4.48. The summed E-state index contributed by atoms with van der Waals surface area (Å²) >= 11 is 0. The quantitative estimate of drug-likeness (QED) is 0.664. The molecule has 1 atom stereocenters. The first-order chi connectivity index (χ1) is 12.8. The largest absolute Gasteiger partial charge is 0.508 e. The molecule has 2 rings (SSSR count). The Kier molecular flexibility index (Phi) is 8.06.